The Balaban J connectivity index is 0.00000245. The molecule has 1 N–H and O–H groups in total. The Bertz CT molecular complexity index is 1280. The molecular formula is C25H24ClFN4O. The van der Waals surface area contributed by atoms with Crippen molar-refractivity contribution in [3.05, 3.63) is 83.2 Å². The highest BCUT2D eigenvalue weighted by molar-refractivity contribution is 5.94. The number of ether oxygens (including phenoxy) is 1. The van der Waals surface area contributed by atoms with E-state index in [4.69, 9.17) is 14.7 Å². The van der Waals surface area contributed by atoms with Crippen molar-refractivity contribution in [2.45, 2.75) is 19.9 Å². The zero-order valence-electron chi connectivity index (χ0n) is 17.9. The summed E-state index contributed by atoms with van der Waals surface area (Å²) in [4.78, 5) is 11.9. The minimum Gasteiger partial charge on any atom is -0.494 e. The van der Waals surface area contributed by atoms with E-state index in [-0.39, 0.29) is 18.2 Å². The van der Waals surface area contributed by atoms with E-state index in [1.165, 1.54) is 23.3 Å². The standard InChI is InChI=1S/C25H23FN4O.ClH/c1-16-14-19(26)10-11-21(16)27-25-28-23-20(8-5-9-22(23)31-2)24(29-25)30-13-12-17-6-3-4-7-18(17)15-30;/h3-11,14H,12-13,15H2,1-2H3,(H,27,28,29);1H. The number of aromatic nitrogens is 2. The second-order valence-corrected chi connectivity index (χ2v) is 7.75. The molecule has 0 amide bonds. The molecule has 1 aliphatic rings. The van der Waals surface area contributed by atoms with Crippen LogP contribution in [0.3, 0.4) is 0 Å². The Morgan fingerprint density at radius 1 is 1.00 bits per heavy atom. The van der Waals surface area contributed by atoms with Gasteiger partial charge in [-0.1, -0.05) is 30.3 Å². The molecule has 0 spiro atoms. The number of benzene rings is 3. The van der Waals surface area contributed by atoms with Crippen molar-refractivity contribution in [3.8, 4) is 5.75 Å². The first-order chi connectivity index (χ1) is 15.1. The van der Waals surface area contributed by atoms with E-state index in [1.54, 1.807) is 13.2 Å². The van der Waals surface area contributed by atoms with E-state index in [1.807, 2.05) is 25.1 Å². The number of hydrogen-bond donors (Lipinski definition) is 1. The fourth-order valence-corrected chi connectivity index (χ4v) is 4.14. The first-order valence-electron chi connectivity index (χ1n) is 10.3. The Hall–Kier alpha value is -3.38. The number of halogens is 2. The van der Waals surface area contributed by atoms with Crippen molar-refractivity contribution in [2.75, 3.05) is 23.9 Å². The highest BCUT2D eigenvalue weighted by Crippen LogP contribution is 2.34. The van der Waals surface area contributed by atoms with E-state index in [2.05, 4.69) is 34.5 Å². The summed E-state index contributed by atoms with van der Waals surface area (Å²) in [5.41, 5.74) is 5.00. The summed E-state index contributed by atoms with van der Waals surface area (Å²) < 4.78 is 19.1. The molecule has 0 aliphatic carbocycles. The molecule has 164 valence electrons. The largest absolute Gasteiger partial charge is 0.494 e. The maximum Gasteiger partial charge on any atom is 0.229 e. The molecule has 3 aromatic carbocycles. The van der Waals surface area contributed by atoms with Crippen LogP contribution in [0.15, 0.2) is 60.7 Å². The smallest absolute Gasteiger partial charge is 0.229 e. The van der Waals surface area contributed by atoms with E-state index < -0.39 is 0 Å². The SMILES string of the molecule is COc1cccc2c(N3CCc4ccccc4C3)nc(Nc3ccc(F)cc3C)nc12.Cl. The molecule has 5 nitrogen and oxygen atoms in total. The second-order valence-electron chi connectivity index (χ2n) is 7.75. The van der Waals surface area contributed by atoms with Gasteiger partial charge in [0.2, 0.25) is 5.95 Å². The molecule has 0 radical (unpaired) electrons. The van der Waals surface area contributed by atoms with Crippen LogP contribution in [-0.2, 0) is 13.0 Å². The van der Waals surface area contributed by atoms with Crippen molar-refractivity contribution in [2.24, 2.45) is 0 Å². The number of nitrogens with one attached hydrogen (secondary N) is 1. The van der Waals surface area contributed by atoms with Crippen LogP contribution in [0, 0.1) is 12.7 Å². The molecule has 32 heavy (non-hydrogen) atoms. The second kappa shape index (κ2) is 9.01. The molecule has 7 heteroatoms. The van der Waals surface area contributed by atoms with Crippen LogP contribution in [0.25, 0.3) is 10.9 Å². The van der Waals surface area contributed by atoms with Crippen LogP contribution in [0.5, 0.6) is 5.75 Å². The minimum atomic E-state index is -0.267. The zero-order valence-corrected chi connectivity index (χ0v) is 18.7. The average Bonchev–Trinajstić information content (AvgIpc) is 2.79. The molecule has 1 aromatic heterocycles. The van der Waals surface area contributed by atoms with Crippen LogP contribution >= 0.6 is 12.4 Å². The summed E-state index contributed by atoms with van der Waals surface area (Å²) in [6, 6.07) is 19.1. The number of methoxy groups -OCH3 is 1. The van der Waals surface area contributed by atoms with Crippen LogP contribution in [0.2, 0.25) is 0 Å². The third kappa shape index (κ3) is 4.06. The summed E-state index contributed by atoms with van der Waals surface area (Å²) in [6.45, 7) is 3.51. The number of para-hydroxylation sites is 1. The summed E-state index contributed by atoms with van der Waals surface area (Å²) in [7, 11) is 1.64. The normalized spacial score (nSPS) is 12.8. The van der Waals surface area contributed by atoms with Gasteiger partial charge in [0, 0.05) is 24.2 Å². The predicted octanol–water partition coefficient (Wildman–Crippen LogP) is 5.81. The summed E-state index contributed by atoms with van der Waals surface area (Å²) in [5, 5.41) is 4.21. The van der Waals surface area contributed by atoms with Gasteiger partial charge in [-0.2, -0.15) is 4.98 Å². The highest BCUT2D eigenvalue weighted by atomic mass is 35.5. The molecule has 5 rings (SSSR count). The lowest BCUT2D eigenvalue weighted by molar-refractivity contribution is 0.419. The Morgan fingerprint density at radius 3 is 2.59 bits per heavy atom. The predicted molar refractivity (Wildman–Crippen MR) is 129 cm³/mol. The molecule has 0 bridgehead atoms. The van der Waals surface area contributed by atoms with Gasteiger partial charge < -0.3 is 15.0 Å². The van der Waals surface area contributed by atoms with Crippen LogP contribution in [0.4, 0.5) is 21.8 Å². The average molecular weight is 451 g/mol. The van der Waals surface area contributed by atoms with Crippen molar-refractivity contribution < 1.29 is 9.13 Å². The molecule has 0 saturated carbocycles. The lowest BCUT2D eigenvalue weighted by atomic mass is 9.99. The monoisotopic (exact) mass is 450 g/mol. The Kier molecular flexibility index (Phi) is 6.15. The van der Waals surface area contributed by atoms with Gasteiger partial charge in [0.15, 0.2) is 0 Å². The molecular weight excluding hydrogens is 427 g/mol. The molecule has 4 aromatic rings. The van der Waals surface area contributed by atoms with Crippen LogP contribution in [-0.4, -0.2) is 23.6 Å². The molecule has 2 heterocycles. The molecule has 0 saturated heterocycles. The van der Waals surface area contributed by atoms with E-state index in [0.717, 1.165) is 47.5 Å². The zero-order chi connectivity index (χ0) is 21.4. The highest BCUT2D eigenvalue weighted by Gasteiger charge is 2.21. The topological polar surface area (TPSA) is 50.3 Å². The van der Waals surface area contributed by atoms with Crippen molar-refractivity contribution in [3.63, 3.8) is 0 Å². The van der Waals surface area contributed by atoms with Crippen molar-refractivity contribution >= 4 is 40.8 Å². The van der Waals surface area contributed by atoms with Crippen LogP contribution < -0.4 is 15.0 Å². The van der Waals surface area contributed by atoms with E-state index in [9.17, 15) is 4.39 Å². The third-order valence-corrected chi connectivity index (χ3v) is 5.75. The maximum absolute atomic E-state index is 13.5. The Labute approximate surface area is 192 Å². The van der Waals surface area contributed by atoms with Crippen LogP contribution in [0.1, 0.15) is 16.7 Å². The number of rotatable bonds is 4. The summed E-state index contributed by atoms with van der Waals surface area (Å²) in [5.74, 6) is 1.75. The molecule has 0 fully saturated rings. The fraction of sp³-hybridized carbons (Fsp3) is 0.200. The quantitative estimate of drug-likeness (QED) is 0.425. The van der Waals surface area contributed by atoms with Gasteiger partial charge in [-0.3, -0.25) is 0 Å². The van der Waals surface area contributed by atoms with E-state index >= 15 is 0 Å². The lowest BCUT2D eigenvalue weighted by Crippen LogP contribution is -2.31. The first-order valence-corrected chi connectivity index (χ1v) is 10.3. The van der Waals surface area contributed by atoms with Crippen molar-refractivity contribution in [1.82, 2.24) is 9.97 Å². The number of anilines is 3. The van der Waals surface area contributed by atoms with Gasteiger partial charge >= 0.3 is 0 Å². The van der Waals surface area contributed by atoms with Gasteiger partial charge in [0.05, 0.1) is 7.11 Å². The van der Waals surface area contributed by atoms with Crippen molar-refractivity contribution in [1.29, 1.82) is 0 Å². The fourth-order valence-electron chi connectivity index (χ4n) is 4.14. The molecule has 1 aliphatic heterocycles. The number of nitrogens with zero attached hydrogens (tertiary/aromatic N) is 3. The van der Waals surface area contributed by atoms with Gasteiger partial charge in [-0.05, 0) is 60.4 Å². The lowest BCUT2D eigenvalue weighted by Gasteiger charge is -2.31. The first kappa shape index (κ1) is 21.8. The van der Waals surface area contributed by atoms with Gasteiger partial charge in [0.1, 0.15) is 22.9 Å². The number of hydrogen-bond acceptors (Lipinski definition) is 5. The molecule has 0 atom stereocenters. The summed E-state index contributed by atoms with van der Waals surface area (Å²) >= 11 is 0. The number of fused-ring (bicyclic) bond motifs is 2. The van der Waals surface area contributed by atoms with Gasteiger partial charge in [-0.15, -0.1) is 12.4 Å². The summed E-state index contributed by atoms with van der Waals surface area (Å²) in [6.07, 6.45) is 0.964. The van der Waals surface area contributed by atoms with Gasteiger partial charge in [-0.25, -0.2) is 9.37 Å². The third-order valence-electron chi connectivity index (χ3n) is 5.75. The Morgan fingerprint density at radius 2 is 1.81 bits per heavy atom. The number of aryl methyl sites for hydroxylation is 1. The van der Waals surface area contributed by atoms with Gasteiger partial charge in [0.25, 0.3) is 0 Å². The maximum atomic E-state index is 13.5. The minimum absolute atomic E-state index is 0. The van der Waals surface area contributed by atoms with E-state index in [0.29, 0.717) is 11.7 Å². The molecule has 0 unspecified atom stereocenters.